The summed E-state index contributed by atoms with van der Waals surface area (Å²) in [5.41, 5.74) is 3.58. The Morgan fingerprint density at radius 3 is 1.82 bits per heavy atom. The van der Waals surface area contributed by atoms with Crippen molar-refractivity contribution in [1.82, 2.24) is 5.32 Å². The zero-order valence-corrected chi connectivity index (χ0v) is 19.1. The number of hydrogen-bond acceptors (Lipinski definition) is 3. The lowest BCUT2D eigenvalue weighted by molar-refractivity contribution is -0.167. The number of nitrogens with zero attached hydrogens (tertiary/aromatic N) is 2. The van der Waals surface area contributed by atoms with Crippen molar-refractivity contribution in [2.75, 3.05) is 4.90 Å². The molecule has 1 N–H and O–H groups in total. The Bertz CT molecular complexity index is 1190. The van der Waals surface area contributed by atoms with Crippen molar-refractivity contribution in [2.45, 2.75) is 31.8 Å². The number of anilines is 1. The van der Waals surface area contributed by atoms with E-state index < -0.39 is 17.1 Å². The number of benzene rings is 3. The molecule has 1 heterocycles. The van der Waals surface area contributed by atoms with Crippen molar-refractivity contribution in [3.05, 3.63) is 95.1 Å². The van der Waals surface area contributed by atoms with Gasteiger partial charge in [0.05, 0.1) is 11.4 Å². The third-order valence-corrected chi connectivity index (χ3v) is 6.66. The maximum atomic E-state index is 14.6. The molecule has 1 aliphatic heterocycles. The predicted octanol–water partition coefficient (Wildman–Crippen LogP) is 6.98. The van der Waals surface area contributed by atoms with Gasteiger partial charge in [0.25, 0.3) is 0 Å². The number of carbonyl (C=O) groups is 1. The van der Waals surface area contributed by atoms with E-state index in [4.69, 9.17) is 0 Å². The number of nitrogens with one attached hydrogen (secondary N) is 1. The molecular weight excluding hydrogens is 447 g/mol. The predicted molar refractivity (Wildman–Crippen MR) is 127 cm³/mol. The minimum Gasteiger partial charge on any atom is -0.311 e. The van der Waals surface area contributed by atoms with Gasteiger partial charge in [-0.25, -0.2) is 14.7 Å². The number of urea groups is 1. The third-order valence-electron chi connectivity index (χ3n) is 5.33. The van der Waals surface area contributed by atoms with Crippen molar-refractivity contribution < 1.29 is 18.0 Å². The molecule has 1 fully saturated rings. The normalized spacial score (nSPS) is 20.1. The van der Waals surface area contributed by atoms with Crippen LogP contribution in [-0.4, -0.2) is 17.4 Å². The molecule has 1 atom stereocenters. The summed E-state index contributed by atoms with van der Waals surface area (Å²) in [7, 11) is 0. The number of amidine groups is 1. The number of carbonyl (C=O) groups excluding carboxylic acids is 1. The number of halogens is 3. The van der Waals surface area contributed by atoms with Crippen LogP contribution in [0.15, 0.2) is 77.8 Å². The molecule has 0 radical (unpaired) electrons. The Morgan fingerprint density at radius 1 is 0.818 bits per heavy atom. The van der Waals surface area contributed by atoms with E-state index in [2.05, 4.69) is 10.3 Å². The zero-order chi connectivity index (χ0) is 23.8. The van der Waals surface area contributed by atoms with Crippen molar-refractivity contribution in [1.29, 1.82) is 0 Å². The molecule has 2 amide bonds. The van der Waals surface area contributed by atoms with Crippen LogP contribution in [0.2, 0.25) is 0 Å². The van der Waals surface area contributed by atoms with Crippen molar-refractivity contribution >= 4 is 34.3 Å². The molecule has 170 valence electrons. The Hall–Kier alpha value is -3.26. The second-order valence-corrected chi connectivity index (χ2v) is 9.16. The van der Waals surface area contributed by atoms with Gasteiger partial charge in [0, 0.05) is 0 Å². The lowest BCUT2D eigenvalue weighted by Gasteiger charge is -2.43. The monoisotopic (exact) mass is 469 g/mol. The van der Waals surface area contributed by atoms with E-state index in [0.717, 1.165) is 16.7 Å². The van der Waals surface area contributed by atoms with Crippen LogP contribution in [0.25, 0.3) is 0 Å². The van der Waals surface area contributed by atoms with Crippen LogP contribution >= 0.6 is 11.8 Å². The van der Waals surface area contributed by atoms with E-state index in [1.807, 2.05) is 26.0 Å². The van der Waals surface area contributed by atoms with Crippen LogP contribution in [0, 0.1) is 20.8 Å². The molecule has 4 rings (SSSR count). The largest absolute Gasteiger partial charge is 0.425 e. The maximum absolute atomic E-state index is 14.6. The first-order valence-corrected chi connectivity index (χ1v) is 11.1. The molecule has 1 aliphatic rings. The van der Waals surface area contributed by atoms with E-state index in [1.165, 1.54) is 17.0 Å². The number of thioether (sulfide) groups is 1. The van der Waals surface area contributed by atoms with Crippen LogP contribution in [0.4, 0.5) is 29.3 Å². The molecule has 0 spiro atoms. The summed E-state index contributed by atoms with van der Waals surface area (Å²) in [5.74, 6) is 0. The summed E-state index contributed by atoms with van der Waals surface area (Å²) in [4.78, 5) is 16.2. The molecule has 3 aromatic carbocycles. The van der Waals surface area contributed by atoms with Crippen LogP contribution in [0.1, 0.15) is 22.3 Å². The molecule has 3 aromatic rings. The minimum atomic E-state index is -4.78. The molecule has 0 bridgehead atoms. The number of rotatable bonds is 3. The second kappa shape index (κ2) is 8.59. The summed E-state index contributed by atoms with van der Waals surface area (Å²) in [6.07, 6.45) is -4.78. The highest BCUT2D eigenvalue weighted by molar-refractivity contribution is 8.15. The molecular formula is C25H22F3N3OS. The maximum Gasteiger partial charge on any atom is 0.425 e. The molecule has 1 saturated heterocycles. The van der Waals surface area contributed by atoms with Gasteiger partial charge in [0.2, 0.25) is 4.87 Å². The third kappa shape index (κ3) is 4.48. The fourth-order valence-corrected chi connectivity index (χ4v) is 4.65. The average molecular weight is 470 g/mol. The highest BCUT2D eigenvalue weighted by Crippen LogP contribution is 2.51. The average Bonchev–Trinajstić information content (AvgIpc) is 2.76. The Labute approximate surface area is 194 Å². The van der Waals surface area contributed by atoms with Gasteiger partial charge in [-0.1, -0.05) is 65.2 Å². The molecule has 0 aliphatic carbocycles. The summed E-state index contributed by atoms with van der Waals surface area (Å²) in [6, 6.07) is 19.1. The van der Waals surface area contributed by atoms with Crippen molar-refractivity contribution in [3.63, 3.8) is 0 Å². The molecule has 4 nitrogen and oxygen atoms in total. The van der Waals surface area contributed by atoms with Gasteiger partial charge in [-0.2, -0.15) is 13.2 Å². The quantitative estimate of drug-likeness (QED) is 0.450. The molecule has 0 saturated carbocycles. The van der Waals surface area contributed by atoms with Crippen LogP contribution in [0.5, 0.6) is 0 Å². The van der Waals surface area contributed by atoms with E-state index in [-0.39, 0.29) is 10.7 Å². The zero-order valence-electron chi connectivity index (χ0n) is 18.3. The smallest absolute Gasteiger partial charge is 0.311 e. The number of amides is 2. The highest BCUT2D eigenvalue weighted by atomic mass is 32.2. The van der Waals surface area contributed by atoms with Crippen LogP contribution < -0.4 is 10.2 Å². The molecule has 0 unspecified atom stereocenters. The van der Waals surface area contributed by atoms with Gasteiger partial charge in [-0.15, -0.1) is 0 Å². The topological polar surface area (TPSA) is 44.7 Å². The summed E-state index contributed by atoms with van der Waals surface area (Å²) >= 11 is 0.474. The first kappa shape index (κ1) is 22.9. The van der Waals surface area contributed by atoms with E-state index in [0.29, 0.717) is 23.1 Å². The summed E-state index contributed by atoms with van der Waals surface area (Å²) < 4.78 is 43.8. The molecule has 33 heavy (non-hydrogen) atoms. The Balaban J connectivity index is 1.89. The van der Waals surface area contributed by atoms with Crippen LogP contribution in [-0.2, 0) is 4.87 Å². The van der Waals surface area contributed by atoms with Gasteiger partial charge in [0.1, 0.15) is 0 Å². The second-order valence-electron chi connectivity index (χ2n) is 7.98. The van der Waals surface area contributed by atoms with Gasteiger partial charge in [-0.3, -0.25) is 0 Å². The van der Waals surface area contributed by atoms with Crippen molar-refractivity contribution in [3.8, 4) is 0 Å². The van der Waals surface area contributed by atoms with Gasteiger partial charge in [-0.05, 0) is 62.4 Å². The first-order valence-electron chi connectivity index (χ1n) is 10.3. The lowest BCUT2D eigenvalue weighted by atomic mass is 10.0. The highest BCUT2D eigenvalue weighted by Gasteiger charge is 2.62. The fourth-order valence-electron chi connectivity index (χ4n) is 3.44. The standard InChI is InChI=1S/C25H22F3N3OS/c1-16-4-10-19(11-5-16)24(25(26,27)28)30-22(32)31(21-14-8-18(3)9-15-21)23(33-24)29-20-12-6-17(2)7-13-20/h4-15H,1-3H3,(H,30,32)/t24-/m1/s1. The SMILES string of the molecule is Cc1ccc(N=C2S[C@](c3ccc(C)cc3)(C(F)(F)F)NC(=O)N2c2ccc(C)cc2)cc1. The molecule has 8 heteroatoms. The number of aryl methyl sites for hydroxylation is 3. The number of aliphatic imine (C=N–C) groups is 1. The lowest BCUT2D eigenvalue weighted by Crippen LogP contribution is -2.63. The Morgan fingerprint density at radius 2 is 1.30 bits per heavy atom. The Kier molecular flexibility index (Phi) is 5.97. The van der Waals surface area contributed by atoms with Gasteiger partial charge < -0.3 is 5.32 Å². The number of hydrogen-bond donors (Lipinski definition) is 1. The van der Waals surface area contributed by atoms with Gasteiger partial charge >= 0.3 is 12.2 Å². The van der Waals surface area contributed by atoms with Crippen molar-refractivity contribution in [2.24, 2.45) is 4.99 Å². The first-order chi connectivity index (χ1) is 15.6. The fraction of sp³-hybridized carbons (Fsp3) is 0.200. The number of alkyl halides is 3. The summed E-state index contributed by atoms with van der Waals surface area (Å²) in [6.45, 7) is 5.59. The summed E-state index contributed by atoms with van der Waals surface area (Å²) in [5, 5.41) is 2.17. The molecule has 0 aromatic heterocycles. The van der Waals surface area contributed by atoms with E-state index in [1.54, 1.807) is 55.5 Å². The van der Waals surface area contributed by atoms with E-state index >= 15 is 0 Å². The van der Waals surface area contributed by atoms with Gasteiger partial charge in [0.15, 0.2) is 5.17 Å². The van der Waals surface area contributed by atoms with E-state index in [9.17, 15) is 18.0 Å². The van der Waals surface area contributed by atoms with Crippen LogP contribution in [0.3, 0.4) is 0 Å². The minimum absolute atomic E-state index is 0.0654.